The molecule has 1 amide bonds. The second-order valence-corrected chi connectivity index (χ2v) is 5.53. The number of amides is 1. The lowest BCUT2D eigenvalue weighted by Gasteiger charge is -2.11. The van der Waals surface area contributed by atoms with E-state index in [-0.39, 0.29) is 18.0 Å². The number of benzene rings is 2. The van der Waals surface area contributed by atoms with E-state index < -0.39 is 17.5 Å². The maximum Gasteiger partial charge on any atom is 0.271 e. The molecule has 0 fully saturated rings. The topological polar surface area (TPSA) is 93.9 Å². The normalized spacial score (nSPS) is 10.7. The second kappa shape index (κ2) is 6.86. The molecule has 0 saturated heterocycles. The standard InChI is InChI=1S/C16H11ClF2N4O2/c17-9-1-2-13(25-7-8-3-10(18)6-11(19)4-8)12(5-9)14-15(16(20)24)22-23-21-14/h1-6H,7H2,(H2,20,24)(H,21,22,23). The Balaban J connectivity index is 1.94. The number of nitrogens with one attached hydrogen (secondary N) is 1. The minimum absolute atomic E-state index is 0.0797. The first-order valence-electron chi connectivity index (χ1n) is 7.02. The Bertz CT molecular complexity index is 925. The van der Waals surface area contributed by atoms with Gasteiger partial charge in [0.15, 0.2) is 5.69 Å². The summed E-state index contributed by atoms with van der Waals surface area (Å²) < 4.78 is 32.1. The molecule has 0 atom stereocenters. The highest BCUT2D eigenvalue weighted by molar-refractivity contribution is 6.31. The summed E-state index contributed by atoms with van der Waals surface area (Å²) in [6.07, 6.45) is 0. The molecule has 128 valence electrons. The van der Waals surface area contributed by atoms with E-state index in [2.05, 4.69) is 15.4 Å². The number of nitrogens with zero attached hydrogens (tertiary/aromatic N) is 2. The third-order valence-corrected chi connectivity index (χ3v) is 3.53. The van der Waals surface area contributed by atoms with Gasteiger partial charge in [-0.1, -0.05) is 11.6 Å². The predicted molar refractivity (Wildman–Crippen MR) is 86.0 cm³/mol. The maximum atomic E-state index is 13.3. The Labute approximate surface area is 145 Å². The molecule has 0 aliphatic carbocycles. The Kier molecular flexibility index (Phi) is 4.62. The van der Waals surface area contributed by atoms with E-state index in [9.17, 15) is 13.6 Å². The highest BCUT2D eigenvalue weighted by atomic mass is 35.5. The van der Waals surface area contributed by atoms with Gasteiger partial charge in [0.2, 0.25) is 0 Å². The highest BCUT2D eigenvalue weighted by Crippen LogP contribution is 2.33. The first kappa shape index (κ1) is 16.8. The van der Waals surface area contributed by atoms with Gasteiger partial charge >= 0.3 is 0 Å². The Morgan fingerprint density at radius 2 is 1.88 bits per heavy atom. The zero-order chi connectivity index (χ0) is 18.0. The van der Waals surface area contributed by atoms with Crippen LogP contribution in [0.25, 0.3) is 11.3 Å². The summed E-state index contributed by atoms with van der Waals surface area (Å²) in [5, 5.41) is 10.3. The van der Waals surface area contributed by atoms with Gasteiger partial charge in [0.05, 0.1) is 0 Å². The van der Waals surface area contributed by atoms with Gasteiger partial charge in [0.25, 0.3) is 5.91 Å². The summed E-state index contributed by atoms with van der Waals surface area (Å²) in [7, 11) is 0. The van der Waals surface area contributed by atoms with Gasteiger partial charge in [-0.25, -0.2) is 8.78 Å². The number of carbonyl (C=O) groups excluding carboxylic acids is 1. The third kappa shape index (κ3) is 3.74. The highest BCUT2D eigenvalue weighted by Gasteiger charge is 2.19. The smallest absolute Gasteiger partial charge is 0.271 e. The van der Waals surface area contributed by atoms with Crippen LogP contribution in [0.5, 0.6) is 5.75 Å². The van der Waals surface area contributed by atoms with Crippen molar-refractivity contribution in [2.45, 2.75) is 6.61 Å². The average Bonchev–Trinajstić information content (AvgIpc) is 3.02. The molecule has 0 unspecified atom stereocenters. The maximum absolute atomic E-state index is 13.3. The summed E-state index contributed by atoms with van der Waals surface area (Å²) in [5.74, 6) is -1.89. The van der Waals surface area contributed by atoms with Gasteiger partial charge in [-0.05, 0) is 35.9 Å². The van der Waals surface area contributed by atoms with Crippen LogP contribution in [0.4, 0.5) is 8.78 Å². The quantitative estimate of drug-likeness (QED) is 0.727. The van der Waals surface area contributed by atoms with Crippen LogP contribution in [0.2, 0.25) is 5.02 Å². The van der Waals surface area contributed by atoms with Crippen molar-refractivity contribution in [2.75, 3.05) is 0 Å². The number of primary amides is 1. The number of rotatable bonds is 5. The molecule has 0 bridgehead atoms. The first-order valence-corrected chi connectivity index (χ1v) is 7.40. The lowest BCUT2D eigenvalue weighted by Crippen LogP contribution is -2.13. The molecule has 6 nitrogen and oxygen atoms in total. The predicted octanol–water partition coefficient (Wildman–Crippen LogP) is 3.08. The van der Waals surface area contributed by atoms with Gasteiger partial charge in [-0.3, -0.25) is 4.79 Å². The summed E-state index contributed by atoms with van der Waals surface area (Å²) in [6.45, 7) is -0.104. The summed E-state index contributed by atoms with van der Waals surface area (Å²) in [5.41, 5.74) is 6.01. The van der Waals surface area contributed by atoms with Gasteiger partial charge in [0.1, 0.15) is 29.7 Å². The van der Waals surface area contributed by atoms with Crippen molar-refractivity contribution in [3.8, 4) is 17.0 Å². The van der Waals surface area contributed by atoms with Crippen molar-refractivity contribution in [3.05, 3.63) is 64.3 Å². The van der Waals surface area contributed by atoms with Gasteiger partial charge in [-0.15, -0.1) is 0 Å². The van der Waals surface area contributed by atoms with E-state index in [1.54, 1.807) is 12.1 Å². The van der Waals surface area contributed by atoms with Crippen LogP contribution < -0.4 is 10.5 Å². The molecule has 0 radical (unpaired) electrons. The van der Waals surface area contributed by atoms with Gasteiger partial charge in [0, 0.05) is 16.7 Å². The molecule has 1 aromatic heterocycles. The largest absolute Gasteiger partial charge is 0.488 e. The molecule has 3 rings (SSSR count). The number of aromatic nitrogens is 3. The van der Waals surface area contributed by atoms with Crippen molar-refractivity contribution in [1.29, 1.82) is 0 Å². The molecule has 3 aromatic rings. The molecular formula is C16H11ClF2N4O2. The fourth-order valence-corrected chi connectivity index (χ4v) is 2.43. The molecule has 0 saturated carbocycles. The zero-order valence-corrected chi connectivity index (χ0v) is 13.3. The van der Waals surface area contributed by atoms with Crippen LogP contribution in [0.3, 0.4) is 0 Å². The van der Waals surface area contributed by atoms with Crippen molar-refractivity contribution in [1.82, 2.24) is 15.4 Å². The monoisotopic (exact) mass is 364 g/mol. The lowest BCUT2D eigenvalue weighted by molar-refractivity contribution is 0.0996. The van der Waals surface area contributed by atoms with Crippen LogP contribution in [0, 0.1) is 11.6 Å². The number of aromatic amines is 1. The molecule has 25 heavy (non-hydrogen) atoms. The molecule has 9 heteroatoms. The number of halogens is 3. The van der Waals surface area contributed by atoms with Crippen LogP contribution in [0.1, 0.15) is 16.1 Å². The molecule has 0 aliphatic heterocycles. The Hall–Kier alpha value is -3.00. The van der Waals surface area contributed by atoms with E-state index in [1.165, 1.54) is 6.07 Å². The first-order chi connectivity index (χ1) is 11.9. The van der Waals surface area contributed by atoms with Gasteiger partial charge in [-0.2, -0.15) is 15.4 Å². The third-order valence-electron chi connectivity index (χ3n) is 3.29. The van der Waals surface area contributed by atoms with Crippen LogP contribution in [-0.2, 0) is 6.61 Å². The molecule has 3 N–H and O–H groups in total. The number of carbonyl (C=O) groups is 1. The van der Waals surface area contributed by atoms with Crippen LogP contribution in [0.15, 0.2) is 36.4 Å². The zero-order valence-electron chi connectivity index (χ0n) is 12.6. The average molecular weight is 365 g/mol. The number of ether oxygens (including phenoxy) is 1. The van der Waals surface area contributed by atoms with E-state index in [0.29, 0.717) is 21.9 Å². The molecule has 1 heterocycles. The minimum Gasteiger partial charge on any atom is -0.488 e. The van der Waals surface area contributed by atoms with E-state index in [4.69, 9.17) is 22.1 Å². The van der Waals surface area contributed by atoms with Crippen LogP contribution >= 0.6 is 11.6 Å². The van der Waals surface area contributed by atoms with Crippen molar-refractivity contribution in [3.63, 3.8) is 0 Å². The lowest BCUT2D eigenvalue weighted by atomic mass is 10.1. The number of H-pyrrole nitrogens is 1. The SMILES string of the molecule is NC(=O)c1n[nH]nc1-c1cc(Cl)ccc1OCc1cc(F)cc(F)c1. The number of hydrogen-bond acceptors (Lipinski definition) is 4. The summed E-state index contributed by atoms with van der Waals surface area (Å²) in [6, 6.07) is 7.72. The van der Waals surface area contributed by atoms with Crippen LogP contribution in [-0.4, -0.2) is 21.3 Å². The van der Waals surface area contributed by atoms with E-state index >= 15 is 0 Å². The number of hydrogen-bond donors (Lipinski definition) is 2. The van der Waals surface area contributed by atoms with Crippen molar-refractivity contribution >= 4 is 17.5 Å². The molecule has 2 aromatic carbocycles. The van der Waals surface area contributed by atoms with Crippen molar-refractivity contribution in [2.24, 2.45) is 5.73 Å². The molecular weight excluding hydrogens is 354 g/mol. The number of nitrogens with two attached hydrogens (primary N) is 1. The second-order valence-electron chi connectivity index (χ2n) is 5.09. The van der Waals surface area contributed by atoms with E-state index in [0.717, 1.165) is 18.2 Å². The molecule has 0 aliphatic rings. The minimum atomic E-state index is -0.776. The molecule has 0 spiro atoms. The Morgan fingerprint density at radius 3 is 2.56 bits per heavy atom. The summed E-state index contributed by atoms with van der Waals surface area (Å²) in [4.78, 5) is 11.4. The van der Waals surface area contributed by atoms with Gasteiger partial charge < -0.3 is 10.5 Å². The Morgan fingerprint density at radius 1 is 1.16 bits per heavy atom. The fraction of sp³-hybridized carbons (Fsp3) is 0.0625. The van der Waals surface area contributed by atoms with Crippen molar-refractivity contribution < 1.29 is 18.3 Å². The van der Waals surface area contributed by atoms with E-state index in [1.807, 2.05) is 0 Å². The summed E-state index contributed by atoms with van der Waals surface area (Å²) >= 11 is 6.00. The fourth-order valence-electron chi connectivity index (χ4n) is 2.26.